The SMILES string of the molecule is O=C1CCOCCOCCCOC(=O)CO1. The zero-order chi connectivity index (χ0) is 11.6. The Bertz CT molecular complexity index is 203. The summed E-state index contributed by atoms with van der Waals surface area (Å²) < 4.78 is 19.8. The Hall–Kier alpha value is -1.14. The summed E-state index contributed by atoms with van der Waals surface area (Å²) in [6.45, 7) is 1.67. The molecule has 0 N–H and O–H groups in total. The Kier molecular flexibility index (Phi) is 6.52. The van der Waals surface area contributed by atoms with Crippen LogP contribution in [0.15, 0.2) is 0 Å². The molecule has 1 heterocycles. The maximum absolute atomic E-state index is 11.1. The van der Waals surface area contributed by atoms with Gasteiger partial charge >= 0.3 is 11.9 Å². The molecule has 1 saturated heterocycles. The Balaban J connectivity index is 2.25. The number of carbonyl (C=O) groups is 2. The van der Waals surface area contributed by atoms with Gasteiger partial charge < -0.3 is 18.9 Å². The molecule has 0 amide bonds. The minimum absolute atomic E-state index is 0.132. The van der Waals surface area contributed by atoms with Crippen LogP contribution in [0.2, 0.25) is 0 Å². The van der Waals surface area contributed by atoms with E-state index in [4.69, 9.17) is 14.2 Å². The van der Waals surface area contributed by atoms with E-state index in [1.807, 2.05) is 0 Å². The van der Waals surface area contributed by atoms with E-state index in [9.17, 15) is 9.59 Å². The fourth-order valence-corrected chi connectivity index (χ4v) is 1.08. The summed E-state index contributed by atoms with van der Waals surface area (Å²) in [4.78, 5) is 22.1. The second-order valence-corrected chi connectivity index (χ2v) is 3.21. The first-order valence-electron chi connectivity index (χ1n) is 5.26. The first-order chi connectivity index (χ1) is 7.79. The molecule has 6 nitrogen and oxygen atoms in total. The van der Waals surface area contributed by atoms with Crippen LogP contribution in [0.4, 0.5) is 0 Å². The first kappa shape index (κ1) is 12.9. The molecule has 0 unspecified atom stereocenters. The molecule has 0 aromatic heterocycles. The highest BCUT2D eigenvalue weighted by atomic mass is 16.6. The summed E-state index contributed by atoms with van der Waals surface area (Å²) in [6, 6.07) is 0. The van der Waals surface area contributed by atoms with Crippen molar-refractivity contribution in [2.45, 2.75) is 12.8 Å². The van der Waals surface area contributed by atoms with Gasteiger partial charge in [-0.15, -0.1) is 0 Å². The summed E-state index contributed by atoms with van der Waals surface area (Å²) in [5, 5.41) is 0. The van der Waals surface area contributed by atoms with Crippen LogP contribution in [0.3, 0.4) is 0 Å². The number of hydrogen-bond acceptors (Lipinski definition) is 6. The number of cyclic esters (lactones) is 2. The largest absolute Gasteiger partial charge is 0.463 e. The van der Waals surface area contributed by atoms with Gasteiger partial charge in [0.2, 0.25) is 0 Å². The lowest BCUT2D eigenvalue weighted by molar-refractivity contribution is -0.160. The van der Waals surface area contributed by atoms with Gasteiger partial charge in [0.05, 0.1) is 32.8 Å². The third-order valence-corrected chi connectivity index (χ3v) is 1.87. The number of ether oxygens (including phenoxy) is 4. The quantitative estimate of drug-likeness (QED) is 0.543. The monoisotopic (exact) mass is 232 g/mol. The Morgan fingerprint density at radius 3 is 2.31 bits per heavy atom. The van der Waals surface area contributed by atoms with E-state index in [1.54, 1.807) is 0 Å². The molecule has 1 rings (SSSR count). The smallest absolute Gasteiger partial charge is 0.344 e. The van der Waals surface area contributed by atoms with Crippen molar-refractivity contribution in [2.75, 3.05) is 39.6 Å². The lowest BCUT2D eigenvalue weighted by Crippen LogP contribution is -2.19. The van der Waals surface area contributed by atoms with Crippen molar-refractivity contribution in [1.29, 1.82) is 0 Å². The highest BCUT2D eigenvalue weighted by molar-refractivity contribution is 5.76. The third kappa shape index (κ3) is 6.36. The van der Waals surface area contributed by atoms with Crippen molar-refractivity contribution in [3.8, 4) is 0 Å². The van der Waals surface area contributed by atoms with E-state index in [0.717, 1.165) is 0 Å². The molecule has 0 aromatic rings. The number of rotatable bonds is 0. The standard InChI is InChI=1S/C10H16O6/c11-9-2-5-14-7-6-13-3-1-4-15-10(12)8-16-9/h1-8H2. The summed E-state index contributed by atoms with van der Waals surface area (Å²) in [5.74, 6) is -0.999. The van der Waals surface area contributed by atoms with Crippen LogP contribution in [-0.4, -0.2) is 51.6 Å². The highest BCUT2D eigenvalue weighted by Gasteiger charge is 2.09. The lowest BCUT2D eigenvalue weighted by Gasteiger charge is -2.09. The molecule has 16 heavy (non-hydrogen) atoms. The molecule has 0 atom stereocenters. The predicted octanol–water partition coefficient (Wildman–Crippen LogP) is -0.100. The molecule has 0 bridgehead atoms. The second-order valence-electron chi connectivity index (χ2n) is 3.21. The molecule has 0 saturated carbocycles. The van der Waals surface area contributed by atoms with E-state index in [2.05, 4.69) is 4.74 Å². The molecule has 92 valence electrons. The molecule has 6 heteroatoms. The summed E-state index contributed by atoms with van der Waals surface area (Å²) in [6.07, 6.45) is 0.757. The molecule has 0 aliphatic carbocycles. The average Bonchev–Trinajstić information content (AvgIpc) is 2.28. The van der Waals surface area contributed by atoms with E-state index >= 15 is 0 Å². The zero-order valence-electron chi connectivity index (χ0n) is 9.11. The summed E-state index contributed by atoms with van der Waals surface area (Å²) >= 11 is 0. The van der Waals surface area contributed by atoms with E-state index in [0.29, 0.717) is 26.2 Å². The van der Waals surface area contributed by atoms with Gasteiger partial charge in [-0.1, -0.05) is 0 Å². The third-order valence-electron chi connectivity index (χ3n) is 1.87. The number of carbonyl (C=O) groups excluding carboxylic acids is 2. The topological polar surface area (TPSA) is 71.1 Å². The lowest BCUT2D eigenvalue weighted by atomic mass is 10.4. The maximum Gasteiger partial charge on any atom is 0.344 e. The van der Waals surface area contributed by atoms with Crippen molar-refractivity contribution in [3.05, 3.63) is 0 Å². The molecule has 1 aliphatic heterocycles. The minimum atomic E-state index is -0.536. The van der Waals surface area contributed by atoms with Crippen LogP contribution < -0.4 is 0 Å². The molecular formula is C10H16O6. The van der Waals surface area contributed by atoms with Crippen molar-refractivity contribution in [1.82, 2.24) is 0 Å². The fraction of sp³-hybridized carbons (Fsp3) is 0.800. The van der Waals surface area contributed by atoms with Crippen LogP contribution in [-0.2, 0) is 28.5 Å². The molecule has 1 aliphatic rings. The van der Waals surface area contributed by atoms with Crippen molar-refractivity contribution in [3.63, 3.8) is 0 Å². The number of esters is 2. The predicted molar refractivity (Wildman–Crippen MR) is 52.8 cm³/mol. The molecule has 0 aromatic carbocycles. The number of hydrogen-bond donors (Lipinski definition) is 0. The van der Waals surface area contributed by atoms with Crippen LogP contribution in [0.5, 0.6) is 0 Å². The van der Waals surface area contributed by atoms with Crippen LogP contribution in [0.1, 0.15) is 12.8 Å². The molecular weight excluding hydrogens is 216 g/mol. The average molecular weight is 232 g/mol. The van der Waals surface area contributed by atoms with E-state index < -0.39 is 11.9 Å². The zero-order valence-corrected chi connectivity index (χ0v) is 9.11. The van der Waals surface area contributed by atoms with Gasteiger partial charge in [0, 0.05) is 13.0 Å². The van der Waals surface area contributed by atoms with Gasteiger partial charge in [-0.25, -0.2) is 4.79 Å². The summed E-state index contributed by atoms with van der Waals surface area (Å²) in [5.41, 5.74) is 0. The van der Waals surface area contributed by atoms with Gasteiger partial charge in [0.25, 0.3) is 0 Å². The van der Waals surface area contributed by atoms with E-state index in [1.165, 1.54) is 0 Å². The van der Waals surface area contributed by atoms with Crippen LogP contribution in [0.25, 0.3) is 0 Å². The summed E-state index contributed by atoms with van der Waals surface area (Å²) in [7, 11) is 0. The Morgan fingerprint density at radius 1 is 0.750 bits per heavy atom. The van der Waals surface area contributed by atoms with Gasteiger partial charge in [-0.2, -0.15) is 0 Å². The fourth-order valence-electron chi connectivity index (χ4n) is 1.08. The Labute approximate surface area is 93.8 Å². The highest BCUT2D eigenvalue weighted by Crippen LogP contribution is 1.93. The Morgan fingerprint density at radius 2 is 1.50 bits per heavy atom. The molecule has 0 radical (unpaired) electrons. The minimum Gasteiger partial charge on any atom is -0.463 e. The van der Waals surface area contributed by atoms with Crippen molar-refractivity contribution >= 4 is 11.9 Å². The second kappa shape index (κ2) is 8.06. The normalized spacial score (nSPS) is 21.8. The van der Waals surface area contributed by atoms with Gasteiger partial charge in [0.15, 0.2) is 6.61 Å². The van der Waals surface area contributed by atoms with Crippen molar-refractivity contribution < 1.29 is 28.5 Å². The molecule has 1 fully saturated rings. The molecule has 0 spiro atoms. The first-order valence-corrected chi connectivity index (χ1v) is 5.26. The maximum atomic E-state index is 11.1. The van der Waals surface area contributed by atoms with Crippen molar-refractivity contribution in [2.24, 2.45) is 0 Å². The van der Waals surface area contributed by atoms with E-state index in [-0.39, 0.29) is 26.2 Å². The van der Waals surface area contributed by atoms with Gasteiger partial charge in [0.1, 0.15) is 0 Å². The van der Waals surface area contributed by atoms with Crippen LogP contribution in [0, 0.1) is 0 Å². The van der Waals surface area contributed by atoms with Crippen LogP contribution >= 0.6 is 0 Å². The van der Waals surface area contributed by atoms with Gasteiger partial charge in [-0.05, 0) is 0 Å². The van der Waals surface area contributed by atoms with Gasteiger partial charge in [-0.3, -0.25) is 4.79 Å².